The van der Waals surface area contributed by atoms with E-state index in [1.165, 1.54) is 61.0 Å². The lowest BCUT2D eigenvalue weighted by atomic mass is 9.70. The fourth-order valence-corrected chi connectivity index (χ4v) is 11.7. The molecule has 2 nitrogen and oxygen atoms in total. The molecule has 0 N–H and O–H groups in total. The fraction of sp³-hybridized carbons (Fsp3) is 0.0154. The molecule has 2 aliphatic rings. The van der Waals surface area contributed by atoms with Crippen LogP contribution in [0.25, 0.3) is 88.3 Å². The summed E-state index contributed by atoms with van der Waals surface area (Å²) in [5.74, 6) is 0. The quantitative estimate of drug-likeness (QED) is 0.166. The van der Waals surface area contributed by atoms with Gasteiger partial charge in [-0.15, -0.1) is 0 Å². The van der Waals surface area contributed by atoms with Crippen LogP contribution >= 0.6 is 0 Å². The van der Waals surface area contributed by atoms with Gasteiger partial charge in [-0.3, -0.25) is 0 Å². The summed E-state index contributed by atoms with van der Waals surface area (Å²) < 4.78 is 7.18. The zero-order valence-electron chi connectivity index (χ0n) is 36.5. The molecule has 0 saturated heterocycles. The molecule has 0 bridgehead atoms. The summed E-state index contributed by atoms with van der Waals surface area (Å²) in [5, 5.41) is 4.48. The lowest BCUT2D eigenvalue weighted by Gasteiger charge is -2.33. The summed E-state index contributed by atoms with van der Waals surface area (Å²) in [5.41, 5.74) is 21.8. The zero-order chi connectivity index (χ0) is 44.1. The van der Waals surface area contributed by atoms with Crippen LogP contribution in [0.1, 0.15) is 22.3 Å². The van der Waals surface area contributed by atoms with Crippen LogP contribution in [-0.2, 0) is 5.41 Å². The second kappa shape index (κ2) is 14.7. The number of fused-ring (bicyclic) bond motifs is 14. The molecular weight excluding hydrogens is 811 g/mol. The normalized spacial score (nSPS) is 12.9. The minimum absolute atomic E-state index is 0.488. The van der Waals surface area contributed by atoms with Gasteiger partial charge in [-0.2, -0.15) is 0 Å². The highest BCUT2D eigenvalue weighted by molar-refractivity contribution is 6.22. The molecule has 2 aliphatic carbocycles. The fourth-order valence-electron chi connectivity index (χ4n) is 11.7. The first-order chi connectivity index (χ1) is 33.3. The highest BCUT2D eigenvalue weighted by atomic mass is 16.3. The number of hydrogen-bond acceptors (Lipinski definition) is 2. The van der Waals surface area contributed by atoms with Crippen molar-refractivity contribution in [1.29, 1.82) is 0 Å². The van der Waals surface area contributed by atoms with Gasteiger partial charge in [0.05, 0.1) is 22.2 Å². The van der Waals surface area contributed by atoms with E-state index in [0.29, 0.717) is 0 Å². The third kappa shape index (κ3) is 5.45. The van der Waals surface area contributed by atoms with Crippen LogP contribution < -0.4 is 4.90 Å². The predicted molar refractivity (Wildman–Crippen MR) is 279 cm³/mol. The lowest BCUT2D eigenvalue weighted by molar-refractivity contribution is 0.670. The zero-order valence-corrected chi connectivity index (χ0v) is 36.5. The molecular formula is C65H41NO. The number of hydrogen-bond donors (Lipinski definition) is 0. The molecule has 12 aromatic rings. The van der Waals surface area contributed by atoms with E-state index < -0.39 is 5.41 Å². The van der Waals surface area contributed by atoms with Crippen LogP contribution in [0.5, 0.6) is 0 Å². The third-order valence-corrected chi connectivity index (χ3v) is 14.5. The van der Waals surface area contributed by atoms with E-state index in [1.807, 2.05) is 0 Å². The van der Waals surface area contributed by atoms with Crippen molar-refractivity contribution >= 4 is 49.8 Å². The van der Waals surface area contributed by atoms with Crippen LogP contribution in [0, 0.1) is 0 Å². The Hall–Kier alpha value is -8.72. The SMILES string of the molecule is c1ccc(-c2ccc(-c3c4ccccc4cc4c3oc3cccc(N(c5ccc6c(c5)C5(c7ccccc7-c7ccccc75)c5ccccc5-6)c5ccccc5-c5ccccc5)c34)cc2)cc1. The summed E-state index contributed by atoms with van der Waals surface area (Å²) in [6.45, 7) is 0. The Balaban J connectivity index is 1.05. The number of nitrogens with zero attached hydrogens (tertiary/aromatic N) is 1. The predicted octanol–water partition coefficient (Wildman–Crippen LogP) is 17.6. The summed E-state index contributed by atoms with van der Waals surface area (Å²) in [7, 11) is 0. The van der Waals surface area contributed by atoms with Crippen molar-refractivity contribution in [3.05, 3.63) is 271 Å². The highest BCUT2D eigenvalue weighted by Crippen LogP contribution is 2.63. The van der Waals surface area contributed by atoms with E-state index in [-0.39, 0.29) is 0 Å². The third-order valence-electron chi connectivity index (χ3n) is 14.5. The highest BCUT2D eigenvalue weighted by Gasteiger charge is 2.51. The Morgan fingerprint density at radius 3 is 1.54 bits per heavy atom. The second-order valence-corrected chi connectivity index (χ2v) is 17.9. The first-order valence-electron chi connectivity index (χ1n) is 23.2. The van der Waals surface area contributed by atoms with Gasteiger partial charge in [0.2, 0.25) is 0 Å². The summed E-state index contributed by atoms with van der Waals surface area (Å²) >= 11 is 0. The minimum atomic E-state index is -0.488. The van der Waals surface area contributed by atoms with E-state index in [2.05, 4.69) is 254 Å². The first-order valence-corrected chi connectivity index (χ1v) is 23.2. The maximum atomic E-state index is 7.18. The van der Waals surface area contributed by atoms with E-state index in [4.69, 9.17) is 4.42 Å². The van der Waals surface area contributed by atoms with Gasteiger partial charge < -0.3 is 9.32 Å². The molecule has 0 amide bonds. The molecule has 14 rings (SSSR count). The van der Waals surface area contributed by atoms with Crippen molar-refractivity contribution in [2.75, 3.05) is 4.90 Å². The van der Waals surface area contributed by atoms with Crippen molar-refractivity contribution in [3.8, 4) is 55.6 Å². The van der Waals surface area contributed by atoms with Crippen LogP contribution in [0.2, 0.25) is 0 Å². The lowest BCUT2D eigenvalue weighted by Crippen LogP contribution is -2.26. The van der Waals surface area contributed by atoms with E-state index in [0.717, 1.165) is 66.6 Å². The molecule has 0 atom stereocenters. The molecule has 0 unspecified atom stereocenters. The molecule has 312 valence electrons. The van der Waals surface area contributed by atoms with Crippen molar-refractivity contribution in [3.63, 3.8) is 0 Å². The maximum absolute atomic E-state index is 7.18. The van der Waals surface area contributed by atoms with Gasteiger partial charge in [0.25, 0.3) is 0 Å². The Morgan fingerprint density at radius 1 is 0.328 bits per heavy atom. The average Bonchev–Trinajstić information content (AvgIpc) is 4.03. The summed E-state index contributed by atoms with van der Waals surface area (Å²) in [6, 6.07) is 91.1. The Kier molecular flexibility index (Phi) is 8.23. The van der Waals surface area contributed by atoms with Crippen LogP contribution in [0.3, 0.4) is 0 Å². The first kappa shape index (κ1) is 37.6. The molecule has 0 radical (unpaired) electrons. The summed E-state index contributed by atoms with van der Waals surface area (Å²) in [4.78, 5) is 2.49. The second-order valence-electron chi connectivity index (χ2n) is 17.9. The Morgan fingerprint density at radius 2 is 0.851 bits per heavy atom. The van der Waals surface area contributed by atoms with E-state index >= 15 is 0 Å². The minimum Gasteiger partial charge on any atom is -0.455 e. The molecule has 1 heterocycles. The van der Waals surface area contributed by atoms with Crippen molar-refractivity contribution in [1.82, 2.24) is 0 Å². The van der Waals surface area contributed by atoms with Gasteiger partial charge in [0.15, 0.2) is 0 Å². The molecule has 67 heavy (non-hydrogen) atoms. The monoisotopic (exact) mass is 851 g/mol. The van der Waals surface area contributed by atoms with Gasteiger partial charge in [-0.1, -0.05) is 212 Å². The van der Waals surface area contributed by atoms with Gasteiger partial charge >= 0.3 is 0 Å². The number of para-hydroxylation sites is 1. The number of furan rings is 1. The van der Waals surface area contributed by atoms with E-state index in [9.17, 15) is 0 Å². The number of anilines is 3. The average molecular weight is 852 g/mol. The number of rotatable bonds is 6. The molecule has 2 heteroatoms. The van der Waals surface area contributed by atoms with Crippen LogP contribution in [-0.4, -0.2) is 0 Å². The molecule has 1 spiro atoms. The van der Waals surface area contributed by atoms with Crippen molar-refractivity contribution in [2.45, 2.75) is 5.41 Å². The Labute approximate surface area is 389 Å². The van der Waals surface area contributed by atoms with Gasteiger partial charge in [0.1, 0.15) is 11.2 Å². The standard InChI is InChI=1S/C65H41NO/c1-3-18-42(19-4-1)43-34-36-45(37-35-43)62-49-24-8-7-22-46(49)40-54-63-60(32-17-33-61(63)67-64(54)62)66(59-31-16-12-23-48(59)44-20-5-2-6-21-44)47-38-39-53-52-27-11-15-30-57(52)65(58(53)41-47)55-28-13-9-25-50(55)51-26-10-14-29-56(51)65/h1-41H. The molecule has 0 saturated carbocycles. The molecule has 0 fully saturated rings. The largest absolute Gasteiger partial charge is 0.455 e. The van der Waals surface area contributed by atoms with Gasteiger partial charge in [0, 0.05) is 22.2 Å². The van der Waals surface area contributed by atoms with Gasteiger partial charge in [-0.05, 0) is 114 Å². The maximum Gasteiger partial charge on any atom is 0.143 e. The Bertz CT molecular complexity index is 3860. The van der Waals surface area contributed by atoms with Crippen LogP contribution in [0.15, 0.2) is 253 Å². The van der Waals surface area contributed by atoms with Crippen molar-refractivity contribution in [2.24, 2.45) is 0 Å². The van der Waals surface area contributed by atoms with Crippen molar-refractivity contribution < 1.29 is 4.42 Å². The molecule has 1 aromatic heterocycles. The molecule has 11 aromatic carbocycles. The molecule has 0 aliphatic heterocycles. The smallest absolute Gasteiger partial charge is 0.143 e. The topological polar surface area (TPSA) is 16.4 Å². The van der Waals surface area contributed by atoms with E-state index in [1.54, 1.807) is 0 Å². The summed E-state index contributed by atoms with van der Waals surface area (Å²) in [6.07, 6.45) is 0. The number of benzene rings is 11. The van der Waals surface area contributed by atoms with Crippen LogP contribution in [0.4, 0.5) is 17.1 Å². The van der Waals surface area contributed by atoms with Gasteiger partial charge in [-0.25, -0.2) is 0 Å².